The second kappa shape index (κ2) is 6.60. The minimum Gasteiger partial charge on any atom is -0.352 e. The molecule has 4 rings (SSSR count). The van der Waals surface area contributed by atoms with Gasteiger partial charge in [-0.05, 0) is 30.3 Å². The first-order chi connectivity index (χ1) is 12.2. The summed E-state index contributed by atoms with van der Waals surface area (Å²) in [5.74, 6) is 0.773. The van der Waals surface area contributed by atoms with Crippen LogP contribution in [0.15, 0.2) is 42.7 Å². The van der Waals surface area contributed by atoms with Crippen LogP contribution in [0.5, 0.6) is 0 Å². The molecule has 1 fully saturated rings. The maximum absolute atomic E-state index is 12.5. The Morgan fingerprint density at radius 2 is 2.04 bits per heavy atom. The molecule has 128 valence electrons. The predicted octanol–water partition coefficient (Wildman–Crippen LogP) is 2.97. The van der Waals surface area contributed by atoms with E-state index in [-0.39, 0.29) is 6.03 Å². The molecule has 3 aromatic rings. The first kappa shape index (κ1) is 15.7. The smallest absolute Gasteiger partial charge is 0.321 e. The Balaban J connectivity index is 1.38. The van der Waals surface area contributed by atoms with Crippen LogP contribution < -0.4 is 10.2 Å². The van der Waals surface area contributed by atoms with Gasteiger partial charge in [-0.2, -0.15) is 5.10 Å². The van der Waals surface area contributed by atoms with Crippen LogP contribution in [0.1, 0.15) is 0 Å². The van der Waals surface area contributed by atoms with Crippen LogP contribution in [0, 0.1) is 0 Å². The molecule has 0 saturated carbocycles. The van der Waals surface area contributed by atoms with Gasteiger partial charge in [-0.15, -0.1) is 0 Å². The van der Waals surface area contributed by atoms with Gasteiger partial charge in [-0.25, -0.2) is 9.78 Å². The summed E-state index contributed by atoms with van der Waals surface area (Å²) in [6.07, 6.45) is 3.46. The number of aromatic amines is 1. The van der Waals surface area contributed by atoms with E-state index in [0.717, 1.165) is 22.4 Å². The Morgan fingerprint density at radius 3 is 2.84 bits per heavy atom. The first-order valence-corrected chi connectivity index (χ1v) is 8.43. The molecular formula is C17H17ClN6O. The van der Waals surface area contributed by atoms with Gasteiger partial charge in [0.25, 0.3) is 0 Å². The van der Waals surface area contributed by atoms with Gasteiger partial charge in [-0.1, -0.05) is 11.6 Å². The number of anilines is 2. The molecule has 2 N–H and O–H groups in total. The zero-order valence-corrected chi connectivity index (χ0v) is 14.2. The van der Waals surface area contributed by atoms with E-state index in [1.54, 1.807) is 17.3 Å². The average Bonchev–Trinajstić information content (AvgIpc) is 3.10. The third-order valence-corrected chi connectivity index (χ3v) is 4.59. The summed E-state index contributed by atoms with van der Waals surface area (Å²) in [4.78, 5) is 20.7. The Hall–Kier alpha value is -2.80. The van der Waals surface area contributed by atoms with Crippen molar-refractivity contribution in [2.75, 3.05) is 36.4 Å². The van der Waals surface area contributed by atoms with Gasteiger partial charge in [-0.3, -0.25) is 5.10 Å². The Morgan fingerprint density at radius 1 is 1.20 bits per heavy atom. The molecule has 2 amide bonds. The summed E-state index contributed by atoms with van der Waals surface area (Å²) in [5.41, 5.74) is 1.70. The topological polar surface area (TPSA) is 77.2 Å². The van der Waals surface area contributed by atoms with Crippen molar-refractivity contribution in [1.29, 1.82) is 0 Å². The molecule has 0 atom stereocenters. The van der Waals surface area contributed by atoms with Crippen LogP contribution in [0.4, 0.5) is 16.3 Å². The number of halogens is 1. The molecule has 0 unspecified atom stereocenters. The van der Waals surface area contributed by atoms with E-state index >= 15 is 0 Å². The summed E-state index contributed by atoms with van der Waals surface area (Å²) in [6, 6.07) is 9.21. The van der Waals surface area contributed by atoms with Crippen LogP contribution in [0.25, 0.3) is 10.9 Å². The standard InChI is InChI=1S/C17H17ClN6O/c18-14-2-1-5-19-16(14)23-6-8-24(9-7-23)17(25)21-13-3-4-15-12(10-13)11-20-22-15/h1-5,10-11H,6-9H2,(H,20,22)(H,21,25). The van der Waals surface area contributed by atoms with E-state index in [4.69, 9.17) is 11.6 Å². The first-order valence-electron chi connectivity index (χ1n) is 8.05. The highest BCUT2D eigenvalue weighted by atomic mass is 35.5. The number of H-pyrrole nitrogens is 1. The SMILES string of the molecule is O=C(Nc1ccc2[nH]ncc2c1)N1CCN(c2ncccc2Cl)CC1. The summed E-state index contributed by atoms with van der Waals surface area (Å²) in [5, 5.41) is 11.4. The molecule has 25 heavy (non-hydrogen) atoms. The number of fused-ring (bicyclic) bond motifs is 1. The predicted molar refractivity (Wildman–Crippen MR) is 98.1 cm³/mol. The van der Waals surface area contributed by atoms with Gasteiger partial charge in [0.2, 0.25) is 0 Å². The zero-order valence-electron chi connectivity index (χ0n) is 13.4. The number of benzene rings is 1. The maximum Gasteiger partial charge on any atom is 0.321 e. The lowest BCUT2D eigenvalue weighted by Gasteiger charge is -2.35. The number of nitrogens with one attached hydrogen (secondary N) is 2. The molecule has 1 aromatic carbocycles. The van der Waals surface area contributed by atoms with Crippen molar-refractivity contribution in [2.24, 2.45) is 0 Å². The highest BCUT2D eigenvalue weighted by molar-refractivity contribution is 6.32. The number of hydrogen-bond acceptors (Lipinski definition) is 4. The van der Waals surface area contributed by atoms with Crippen LogP contribution in [0.3, 0.4) is 0 Å². The fraction of sp³-hybridized carbons (Fsp3) is 0.235. The molecular weight excluding hydrogens is 340 g/mol. The Labute approximate surface area is 149 Å². The lowest BCUT2D eigenvalue weighted by atomic mass is 10.2. The van der Waals surface area contributed by atoms with Crippen molar-refractivity contribution < 1.29 is 4.79 Å². The highest BCUT2D eigenvalue weighted by Crippen LogP contribution is 2.23. The number of pyridine rings is 1. The fourth-order valence-electron chi connectivity index (χ4n) is 2.95. The van der Waals surface area contributed by atoms with E-state index in [0.29, 0.717) is 31.2 Å². The third-order valence-electron chi connectivity index (χ3n) is 4.30. The summed E-state index contributed by atoms with van der Waals surface area (Å²) in [7, 11) is 0. The number of nitrogens with zero attached hydrogens (tertiary/aromatic N) is 4. The van der Waals surface area contributed by atoms with E-state index in [1.807, 2.05) is 30.3 Å². The zero-order chi connectivity index (χ0) is 17.2. The van der Waals surface area contributed by atoms with Gasteiger partial charge in [0.1, 0.15) is 5.82 Å². The number of rotatable bonds is 2. The normalized spacial score (nSPS) is 14.8. The van der Waals surface area contributed by atoms with Crippen molar-refractivity contribution in [3.8, 4) is 0 Å². The van der Waals surface area contributed by atoms with Crippen LogP contribution >= 0.6 is 11.6 Å². The van der Waals surface area contributed by atoms with E-state index < -0.39 is 0 Å². The molecule has 0 aliphatic carbocycles. The molecule has 1 aliphatic rings. The minimum absolute atomic E-state index is 0.102. The van der Waals surface area contributed by atoms with Crippen LogP contribution in [-0.4, -0.2) is 52.3 Å². The Kier molecular flexibility index (Phi) is 4.15. The third kappa shape index (κ3) is 3.23. The van der Waals surface area contributed by atoms with Crippen molar-refractivity contribution >= 4 is 40.0 Å². The largest absolute Gasteiger partial charge is 0.352 e. The monoisotopic (exact) mass is 356 g/mol. The van der Waals surface area contributed by atoms with E-state index in [9.17, 15) is 4.79 Å². The minimum atomic E-state index is -0.102. The number of amides is 2. The van der Waals surface area contributed by atoms with Crippen LogP contribution in [0.2, 0.25) is 5.02 Å². The molecule has 1 aliphatic heterocycles. The van der Waals surface area contributed by atoms with Crippen molar-refractivity contribution in [2.45, 2.75) is 0 Å². The van der Waals surface area contributed by atoms with E-state index in [2.05, 4.69) is 25.4 Å². The summed E-state index contributed by atoms with van der Waals surface area (Å²) in [6.45, 7) is 2.63. The molecule has 0 spiro atoms. The van der Waals surface area contributed by atoms with Gasteiger partial charge in [0.05, 0.1) is 16.7 Å². The maximum atomic E-state index is 12.5. The van der Waals surface area contributed by atoms with Crippen LogP contribution in [-0.2, 0) is 0 Å². The number of hydrogen-bond donors (Lipinski definition) is 2. The van der Waals surface area contributed by atoms with Gasteiger partial charge >= 0.3 is 6.03 Å². The quantitative estimate of drug-likeness (QED) is 0.740. The molecule has 8 heteroatoms. The molecule has 0 radical (unpaired) electrons. The lowest BCUT2D eigenvalue weighted by molar-refractivity contribution is 0.208. The molecule has 1 saturated heterocycles. The number of carbonyl (C=O) groups is 1. The van der Waals surface area contributed by atoms with Crippen molar-refractivity contribution in [3.63, 3.8) is 0 Å². The van der Waals surface area contributed by atoms with Gasteiger partial charge in [0, 0.05) is 43.4 Å². The summed E-state index contributed by atoms with van der Waals surface area (Å²) < 4.78 is 0. The van der Waals surface area contributed by atoms with Crippen molar-refractivity contribution in [3.05, 3.63) is 47.7 Å². The lowest BCUT2D eigenvalue weighted by Crippen LogP contribution is -2.50. The van der Waals surface area contributed by atoms with E-state index in [1.165, 1.54) is 0 Å². The highest BCUT2D eigenvalue weighted by Gasteiger charge is 2.23. The fourth-order valence-corrected chi connectivity index (χ4v) is 3.20. The number of piperazine rings is 1. The van der Waals surface area contributed by atoms with Gasteiger partial charge in [0.15, 0.2) is 0 Å². The van der Waals surface area contributed by atoms with Crippen molar-refractivity contribution in [1.82, 2.24) is 20.1 Å². The second-order valence-corrected chi connectivity index (χ2v) is 6.29. The molecule has 2 aromatic heterocycles. The summed E-state index contributed by atoms with van der Waals surface area (Å²) >= 11 is 6.20. The number of aromatic nitrogens is 3. The second-order valence-electron chi connectivity index (χ2n) is 5.89. The van der Waals surface area contributed by atoms with Gasteiger partial charge < -0.3 is 15.1 Å². The average molecular weight is 357 g/mol. The Bertz CT molecular complexity index is 903. The number of urea groups is 1. The number of carbonyl (C=O) groups excluding carboxylic acids is 1. The molecule has 0 bridgehead atoms. The molecule has 7 nitrogen and oxygen atoms in total. The molecule has 3 heterocycles.